The molecule has 2 aromatic carbocycles. The van der Waals surface area contributed by atoms with Gasteiger partial charge in [0.25, 0.3) is 5.91 Å². The molecule has 10 heteroatoms. The molecule has 7 nitrogen and oxygen atoms in total. The summed E-state index contributed by atoms with van der Waals surface area (Å²) >= 11 is 0. The maximum Gasteiger partial charge on any atom is 0.416 e. The summed E-state index contributed by atoms with van der Waals surface area (Å²) in [5, 5.41) is 5.00. The van der Waals surface area contributed by atoms with Crippen LogP contribution in [0.3, 0.4) is 0 Å². The highest BCUT2D eigenvalue weighted by Gasteiger charge is 2.31. The van der Waals surface area contributed by atoms with E-state index >= 15 is 0 Å². The third-order valence-corrected chi connectivity index (χ3v) is 5.16. The van der Waals surface area contributed by atoms with E-state index in [1.54, 1.807) is 18.2 Å². The van der Waals surface area contributed by atoms with Gasteiger partial charge < -0.3 is 20.1 Å². The summed E-state index contributed by atoms with van der Waals surface area (Å²) in [6.45, 7) is 1.86. The number of aromatic nitrogens is 1. The predicted molar refractivity (Wildman–Crippen MR) is 124 cm³/mol. The SMILES string of the molecule is CNC(=O)c1cc(Oc2ccc(CCC(=O)Nc3cc(C(F)(F)F)ccc3OC)c(C)c2)ccn1. The van der Waals surface area contributed by atoms with E-state index in [4.69, 9.17) is 9.47 Å². The molecule has 0 atom stereocenters. The molecule has 35 heavy (non-hydrogen) atoms. The molecule has 0 unspecified atom stereocenters. The van der Waals surface area contributed by atoms with Crippen LogP contribution in [0.2, 0.25) is 0 Å². The summed E-state index contributed by atoms with van der Waals surface area (Å²) in [6.07, 6.45) is -2.64. The van der Waals surface area contributed by atoms with E-state index < -0.39 is 17.6 Å². The van der Waals surface area contributed by atoms with E-state index in [0.717, 1.165) is 23.3 Å². The zero-order valence-corrected chi connectivity index (χ0v) is 19.3. The van der Waals surface area contributed by atoms with E-state index in [1.165, 1.54) is 32.5 Å². The first-order valence-corrected chi connectivity index (χ1v) is 10.6. The highest BCUT2D eigenvalue weighted by molar-refractivity contribution is 5.93. The van der Waals surface area contributed by atoms with Crippen molar-refractivity contribution >= 4 is 17.5 Å². The Kier molecular flexibility index (Phi) is 7.95. The maximum absolute atomic E-state index is 13.0. The van der Waals surface area contributed by atoms with Gasteiger partial charge in [-0.1, -0.05) is 6.07 Å². The predicted octanol–water partition coefficient (Wildman–Crippen LogP) is 5.14. The lowest BCUT2D eigenvalue weighted by molar-refractivity contribution is -0.137. The number of amides is 2. The maximum atomic E-state index is 13.0. The molecule has 0 saturated carbocycles. The van der Waals surface area contributed by atoms with E-state index in [9.17, 15) is 22.8 Å². The minimum Gasteiger partial charge on any atom is -0.495 e. The van der Waals surface area contributed by atoms with Gasteiger partial charge in [-0.05, 0) is 60.9 Å². The Morgan fingerprint density at radius 2 is 1.77 bits per heavy atom. The quantitative estimate of drug-likeness (QED) is 0.459. The lowest BCUT2D eigenvalue weighted by Gasteiger charge is -2.14. The number of carbonyl (C=O) groups is 2. The molecule has 0 aliphatic rings. The van der Waals surface area contributed by atoms with Crippen molar-refractivity contribution in [3.05, 3.63) is 77.1 Å². The van der Waals surface area contributed by atoms with Crippen LogP contribution in [-0.4, -0.2) is 31.0 Å². The molecule has 0 fully saturated rings. The number of nitrogens with zero attached hydrogens (tertiary/aromatic N) is 1. The molecule has 1 heterocycles. The number of rotatable bonds is 8. The molecule has 0 bridgehead atoms. The van der Waals surface area contributed by atoms with Crippen LogP contribution in [-0.2, 0) is 17.4 Å². The monoisotopic (exact) mass is 487 g/mol. The standard InChI is InChI=1S/C25H24F3N3O4/c1-15-12-18(35-19-10-11-30-21(14-19)24(33)29-2)7-4-16(15)5-9-23(32)31-20-13-17(25(26,27)28)6-8-22(20)34-3/h4,6-8,10-14H,5,9H2,1-3H3,(H,29,33)(H,31,32). The highest BCUT2D eigenvalue weighted by atomic mass is 19.4. The summed E-state index contributed by atoms with van der Waals surface area (Å²) in [5.74, 6) is 0.349. The minimum absolute atomic E-state index is 0.0405. The van der Waals surface area contributed by atoms with Crippen molar-refractivity contribution in [3.8, 4) is 17.2 Å². The van der Waals surface area contributed by atoms with E-state index in [1.807, 2.05) is 13.0 Å². The van der Waals surface area contributed by atoms with Crippen molar-refractivity contribution in [2.45, 2.75) is 25.9 Å². The fourth-order valence-corrected chi connectivity index (χ4v) is 3.32. The molecule has 2 amide bonds. The van der Waals surface area contributed by atoms with Crippen molar-refractivity contribution in [2.24, 2.45) is 0 Å². The number of anilines is 1. The third kappa shape index (κ3) is 6.72. The van der Waals surface area contributed by atoms with Gasteiger partial charge >= 0.3 is 6.18 Å². The van der Waals surface area contributed by atoms with Crippen LogP contribution in [0, 0.1) is 6.92 Å². The average molecular weight is 487 g/mol. The number of hydrogen-bond acceptors (Lipinski definition) is 5. The van der Waals surface area contributed by atoms with Gasteiger partial charge in [0.05, 0.1) is 18.4 Å². The van der Waals surface area contributed by atoms with Gasteiger partial charge in [-0.2, -0.15) is 13.2 Å². The van der Waals surface area contributed by atoms with Crippen LogP contribution in [0.4, 0.5) is 18.9 Å². The van der Waals surface area contributed by atoms with Gasteiger partial charge in [-0.3, -0.25) is 14.6 Å². The number of ether oxygens (including phenoxy) is 2. The molecule has 3 rings (SSSR count). The Labute approximate surface area is 200 Å². The summed E-state index contributed by atoms with van der Waals surface area (Å²) < 4.78 is 49.9. The zero-order chi connectivity index (χ0) is 25.6. The first-order valence-electron chi connectivity index (χ1n) is 10.6. The van der Waals surface area contributed by atoms with E-state index in [-0.39, 0.29) is 29.5 Å². The number of hydrogen-bond donors (Lipinski definition) is 2. The molecular weight excluding hydrogens is 463 g/mol. The Balaban J connectivity index is 1.64. The number of aryl methyl sites for hydroxylation is 2. The number of nitrogens with one attached hydrogen (secondary N) is 2. The van der Waals surface area contributed by atoms with Crippen LogP contribution in [0.25, 0.3) is 0 Å². The largest absolute Gasteiger partial charge is 0.495 e. The molecule has 0 radical (unpaired) electrons. The number of halogens is 3. The molecule has 0 spiro atoms. The first-order chi connectivity index (χ1) is 16.6. The van der Waals surface area contributed by atoms with Gasteiger partial charge in [-0.25, -0.2) is 0 Å². The fraction of sp³-hybridized carbons (Fsp3) is 0.240. The minimum atomic E-state index is -4.53. The molecule has 0 saturated heterocycles. The topological polar surface area (TPSA) is 89.5 Å². The molecule has 3 aromatic rings. The van der Waals surface area contributed by atoms with Gasteiger partial charge in [0.15, 0.2) is 0 Å². The van der Waals surface area contributed by atoms with Crippen LogP contribution < -0.4 is 20.1 Å². The smallest absolute Gasteiger partial charge is 0.416 e. The van der Waals surface area contributed by atoms with Gasteiger partial charge in [0, 0.05) is 25.7 Å². The van der Waals surface area contributed by atoms with E-state index in [0.29, 0.717) is 17.9 Å². The van der Waals surface area contributed by atoms with Crippen LogP contribution in [0.5, 0.6) is 17.2 Å². The Hall–Kier alpha value is -4.08. The Morgan fingerprint density at radius 3 is 2.43 bits per heavy atom. The zero-order valence-electron chi connectivity index (χ0n) is 19.3. The van der Waals surface area contributed by atoms with Crippen LogP contribution in [0.15, 0.2) is 54.7 Å². The summed E-state index contributed by atoms with van der Waals surface area (Å²) in [6, 6.07) is 11.4. The molecular formula is C25H24F3N3O4. The second-order valence-corrected chi connectivity index (χ2v) is 7.61. The first kappa shape index (κ1) is 25.5. The summed E-state index contributed by atoms with van der Waals surface area (Å²) in [7, 11) is 2.83. The lowest BCUT2D eigenvalue weighted by atomic mass is 10.0. The Morgan fingerprint density at radius 1 is 1.03 bits per heavy atom. The normalized spacial score (nSPS) is 11.0. The van der Waals surface area contributed by atoms with Crippen LogP contribution in [0.1, 0.15) is 33.6 Å². The van der Waals surface area contributed by atoms with Gasteiger partial charge in [0.2, 0.25) is 5.91 Å². The number of alkyl halides is 3. The van der Waals surface area contributed by atoms with Crippen molar-refractivity contribution < 1.29 is 32.2 Å². The Bertz CT molecular complexity index is 1230. The summed E-state index contributed by atoms with van der Waals surface area (Å²) in [5.41, 5.74) is 1.05. The number of benzene rings is 2. The van der Waals surface area contributed by atoms with Crippen molar-refractivity contribution in [3.63, 3.8) is 0 Å². The molecule has 2 N–H and O–H groups in total. The number of carbonyl (C=O) groups excluding carboxylic acids is 2. The van der Waals surface area contributed by atoms with Crippen molar-refractivity contribution in [2.75, 3.05) is 19.5 Å². The average Bonchev–Trinajstić information content (AvgIpc) is 2.82. The lowest BCUT2D eigenvalue weighted by Crippen LogP contribution is -2.18. The van der Waals surface area contributed by atoms with Gasteiger partial charge in [0.1, 0.15) is 22.9 Å². The second-order valence-electron chi connectivity index (χ2n) is 7.61. The van der Waals surface area contributed by atoms with Crippen molar-refractivity contribution in [1.29, 1.82) is 0 Å². The fourth-order valence-electron chi connectivity index (χ4n) is 3.32. The number of pyridine rings is 1. The summed E-state index contributed by atoms with van der Waals surface area (Å²) in [4.78, 5) is 28.2. The molecule has 1 aromatic heterocycles. The van der Waals surface area contributed by atoms with Crippen LogP contribution >= 0.6 is 0 Å². The van der Waals surface area contributed by atoms with E-state index in [2.05, 4.69) is 15.6 Å². The second kappa shape index (κ2) is 10.9. The molecule has 0 aliphatic carbocycles. The molecule has 0 aliphatic heterocycles. The van der Waals surface area contributed by atoms with Gasteiger partial charge in [-0.15, -0.1) is 0 Å². The molecule has 184 valence electrons. The third-order valence-electron chi connectivity index (χ3n) is 5.16. The highest BCUT2D eigenvalue weighted by Crippen LogP contribution is 2.35. The van der Waals surface area contributed by atoms with Crippen molar-refractivity contribution in [1.82, 2.24) is 10.3 Å². The number of methoxy groups -OCH3 is 1.